The van der Waals surface area contributed by atoms with Gasteiger partial charge in [0.15, 0.2) is 11.6 Å². The van der Waals surface area contributed by atoms with Crippen LogP contribution >= 0.6 is 0 Å². The highest BCUT2D eigenvalue weighted by Gasteiger charge is 2.14. The fraction of sp³-hybridized carbons (Fsp3) is 0.286. The topological polar surface area (TPSA) is 34.1 Å². The van der Waals surface area contributed by atoms with Crippen molar-refractivity contribution in [2.24, 2.45) is 11.8 Å². The number of hydrogen-bond donors (Lipinski definition) is 0. The van der Waals surface area contributed by atoms with Gasteiger partial charge in [0.05, 0.1) is 0 Å². The molecule has 0 aliphatic rings. The lowest BCUT2D eigenvalue weighted by molar-refractivity contribution is 0.0920. The van der Waals surface area contributed by atoms with E-state index in [1.807, 2.05) is 76.2 Å². The van der Waals surface area contributed by atoms with Crippen molar-refractivity contribution in [3.05, 3.63) is 83.9 Å². The van der Waals surface area contributed by atoms with E-state index >= 15 is 0 Å². The van der Waals surface area contributed by atoms with Gasteiger partial charge in [-0.2, -0.15) is 0 Å². The molecule has 2 atom stereocenters. The molecule has 3 aromatic rings. The number of Topliss-reactive ketones (excluding diaryl/α,β-unsaturated/α-hetero) is 2. The van der Waals surface area contributed by atoms with Gasteiger partial charge < -0.3 is 0 Å². The summed E-state index contributed by atoms with van der Waals surface area (Å²) in [4.78, 5) is 24.6. The van der Waals surface area contributed by atoms with E-state index in [-0.39, 0.29) is 23.4 Å². The standard InChI is InChI=1S/C28H30O2/c1-5-19(3)27(29)25-15-11-23(12-16-25)21-7-9-22(10-8-21)24-13-17-26(18-14-24)28(30)20(4)6-2/h7-20H,5-6H2,1-4H3/t19-,20+. The summed E-state index contributed by atoms with van der Waals surface area (Å²) >= 11 is 0. The number of ketones is 2. The van der Waals surface area contributed by atoms with E-state index < -0.39 is 0 Å². The maximum Gasteiger partial charge on any atom is 0.165 e. The Morgan fingerprint density at radius 3 is 1.00 bits per heavy atom. The second kappa shape index (κ2) is 9.67. The SMILES string of the molecule is CC[C@@H](C)C(=O)c1ccc(-c2ccc(-c3ccc(C(=O)[C@@H](C)CC)cc3)cc2)cc1. The van der Waals surface area contributed by atoms with Crippen LogP contribution in [0, 0.1) is 11.8 Å². The Morgan fingerprint density at radius 2 is 0.767 bits per heavy atom. The minimum atomic E-state index is 0.0574. The van der Waals surface area contributed by atoms with Crippen molar-refractivity contribution in [2.45, 2.75) is 40.5 Å². The fourth-order valence-corrected chi connectivity index (χ4v) is 3.45. The van der Waals surface area contributed by atoms with E-state index in [2.05, 4.69) is 24.3 Å². The van der Waals surface area contributed by atoms with Crippen molar-refractivity contribution in [1.82, 2.24) is 0 Å². The first kappa shape index (κ1) is 21.7. The predicted molar refractivity (Wildman–Crippen MR) is 125 cm³/mol. The third-order valence-corrected chi connectivity index (χ3v) is 6.01. The van der Waals surface area contributed by atoms with E-state index in [9.17, 15) is 9.59 Å². The molecule has 154 valence electrons. The average Bonchev–Trinajstić information content (AvgIpc) is 2.82. The summed E-state index contributed by atoms with van der Waals surface area (Å²) < 4.78 is 0. The minimum Gasteiger partial charge on any atom is -0.294 e. The lowest BCUT2D eigenvalue weighted by Gasteiger charge is -2.10. The summed E-state index contributed by atoms with van der Waals surface area (Å²) in [6.07, 6.45) is 1.71. The van der Waals surface area contributed by atoms with Crippen molar-refractivity contribution in [2.75, 3.05) is 0 Å². The monoisotopic (exact) mass is 398 g/mol. The zero-order valence-electron chi connectivity index (χ0n) is 18.3. The zero-order chi connectivity index (χ0) is 21.7. The maximum absolute atomic E-state index is 12.3. The molecule has 0 saturated heterocycles. The van der Waals surface area contributed by atoms with Gasteiger partial charge in [0.1, 0.15) is 0 Å². The number of benzene rings is 3. The number of carbonyl (C=O) groups is 2. The van der Waals surface area contributed by atoms with E-state index in [1.165, 1.54) is 0 Å². The lowest BCUT2D eigenvalue weighted by Crippen LogP contribution is -2.09. The molecule has 2 heteroatoms. The van der Waals surface area contributed by atoms with Crippen LogP contribution in [0.1, 0.15) is 61.3 Å². The third-order valence-electron chi connectivity index (χ3n) is 6.01. The molecule has 30 heavy (non-hydrogen) atoms. The molecule has 0 fully saturated rings. The second-order valence-corrected chi connectivity index (χ2v) is 8.08. The summed E-state index contributed by atoms with van der Waals surface area (Å²) in [6, 6.07) is 24.1. The average molecular weight is 399 g/mol. The number of carbonyl (C=O) groups excluding carboxylic acids is 2. The Morgan fingerprint density at radius 1 is 0.533 bits per heavy atom. The quantitative estimate of drug-likeness (QED) is 0.369. The smallest absolute Gasteiger partial charge is 0.165 e. The van der Waals surface area contributed by atoms with E-state index in [4.69, 9.17) is 0 Å². The minimum absolute atomic E-state index is 0.0574. The molecule has 0 heterocycles. The molecule has 0 radical (unpaired) electrons. The summed E-state index contributed by atoms with van der Waals surface area (Å²) in [5.41, 5.74) is 5.97. The van der Waals surface area contributed by atoms with Crippen LogP contribution in [0.2, 0.25) is 0 Å². The first-order valence-electron chi connectivity index (χ1n) is 10.8. The molecule has 0 N–H and O–H groups in total. The Hall–Kier alpha value is -3.00. The molecule has 0 aliphatic carbocycles. The molecule has 0 aliphatic heterocycles. The highest BCUT2D eigenvalue weighted by Crippen LogP contribution is 2.26. The molecular weight excluding hydrogens is 368 g/mol. The predicted octanol–water partition coefficient (Wildman–Crippen LogP) is 7.48. The van der Waals surface area contributed by atoms with E-state index in [0.29, 0.717) is 0 Å². The molecule has 3 aromatic carbocycles. The van der Waals surface area contributed by atoms with Crippen molar-refractivity contribution in [3.8, 4) is 22.3 Å². The van der Waals surface area contributed by atoms with Crippen LogP contribution in [0.4, 0.5) is 0 Å². The summed E-state index contributed by atoms with van der Waals surface area (Å²) in [6.45, 7) is 8.02. The lowest BCUT2D eigenvalue weighted by atomic mass is 9.94. The highest BCUT2D eigenvalue weighted by atomic mass is 16.1. The molecule has 0 spiro atoms. The third kappa shape index (κ3) is 4.76. The normalized spacial score (nSPS) is 12.9. The van der Waals surface area contributed by atoms with Crippen LogP contribution in [-0.2, 0) is 0 Å². The Balaban J connectivity index is 1.75. The molecule has 0 bridgehead atoms. The summed E-state index contributed by atoms with van der Waals surface area (Å²) in [5.74, 6) is 0.522. The van der Waals surface area contributed by atoms with Gasteiger partial charge in [-0.25, -0.2) is 0 Å². The van der Waals surface area contributed by atoms with Crippen molar-refractivity contribution in [3.63, 3.8) is 0 Å². The van der Waals surface area contributed by atoms with Crippen LogP contribution in [0.15, 0.2) is 72.8 Å². The molecule has 2 nitrogen and oxygen atoms in total. The van der Waals surface area contributed by atoms with Crippen LogP contribution in [0.25, 0.3) is 22.3 Å². The Labute approximate surface area is 180 Å². The van der Waals surface area contributed by atoms with Gasteiger partial charge in [-0.05, 0) is 35.1 Å². The zero-order valence-corrected chi connectivity index (χ0v) is 18.3. The van der Waals surface area contributed by atoms with Gasteiger partial charge in [0, 0.05) is 23.0 Å². The van der Waals surface area contributed by atoms with Gasteiger partial charge in [-0.1, -0.05) is 100 Å². The molecular formula is C28H30O2. The number of hydrogen-bond acceptors (Lipinski definition) is 2. The Bertz CT molecular complexity index is 912. The van der Waals surface area contributed by atoms with Gasteiger partial charge in [0.2, 0.25) is 0 Å². The highest BCUT2D eigenvalue weighted by molar-refractivity contribution is 5.98. The number of rotatable bonds is 8. The van der Waals surface area contributed by atoms with Gasteiger partial charge in [0.25, 0.3) is 0 Å². The first-order chi connectivity index (χ1) is 14.4. The van der Waals surface area contributed by atoms with Crippen molar-refractivity contribution < 1.29 is 9.59 Å². The maximum atomic E-state index is 12.3. The largest absolute Gasteiger partial charge is 0.294 e. The van der Waals surface area contributed by atoms with Crippen molar-refractivity contribution >= 4 is 11.6 Å². The van der Waals surface area contributed by atoms with Crippen molar-refractivity contribution in [1.29, 1.82) is 0 Å². The second-order valence-electron chi connectivity index (χ2n) is 8.08. The molecule has 0 saturated carbocycles. The summed E-state index contributed by atoms with van der Waals surface area (Å²) in [5, 5.41) is 0. The van der Waals surface area contributed by atoms with Gasteiger partial charge in [-0.15, -0.1) is 0 Å². The van der Waals surface area contributed by atoms with Crippen LogP contribution in [0.5, 0.6) is 0 Å². The van der Waals surface area contributed by atoms with Crippen LogP contribution in [0.3, 0.4) is 0 Å². The molecule has 3 rings (SSSR count). The van der Waals surface area contributed by atoms with E-state index in [0.717, 1.165) is 46.2 Å². The molecule has 0 aromatic heterocycles. The van der Waals surface area contributed by atoms with Crippen LogP contribution < -0.4 is 0 Å². The summed E-state index contributed by atoms with van der Waals surface area (Å²) in [7, 11) is 0. The Kier molecular flexibility index (Phi) is 6.99. The fourth-order valence-electron chi connectivity index (χ4n) is 3.45. The molecule has 0 unspecified atom stereocenters. The van der Waals surface area contributed by atoms with Gasteiger partial charge in [-0.3, -0.25) is 9.59 Å². The molecule has 0 amide bonds. The van der Waals surface area contributed by atoms with Crippen LogP contribution in [-0.4, -0.2) is 11.6 Å². The first-order valence-corrected chi connectivity index (χ1v) is 10.8. The van der Waals surface area contributed by atoms with E-state index in [1.54, 1.807) is 0 Å². The van der Waals surface area contributed by atoms with Gasteiger partial charge >= 0.3 is 0 Å².